The molecule has 0 saturated heterocycles. The van der Waals surface area contributed by atoms with Crippen molar-refractivity contribution in [2.24, 2.45) is 0 Å². The lowest BCUT2D eigenvalue weighted by Crippen LogP contribution is -2.31. The van der Waals surface area contributed by atoms with E-state index in [1.165, 1.54) is 11.4 Å². The van der Waals surface area contributed by atoms with E-state index in [9.17, 15) is 22.4 Å². The minimum absolute atomic E-state index is 0.213. The molecule has 0 aliphatic rings. The predicted molar refractivity (Wildman–Crippen MR) is 80.9 cm³/mol. The van der Waals surface area contributed by atoms with Crippen molar-refractivity contribution in [2.75, 3.05) is 26.7 Å². The number of nitrogens with zero attached hydrogens (tertiary/aromatic N) is 1. The highest BCUT2D eigenvalue weighted by Gasteiger charge is 2.24. The molecule has 9 heteroatoms. The second-order valence-corrected chi connectivity index (χ2v) is 6.42. The number of carbonyl (C=O) groups is 2. The van der Waals surface area contributed by atoms with Crippen LogP contribution in [0.2, 0.25) is 0 Å². The maximum absolute atomic E-state index is 13.8. The molecule has 1 amide bonds. The van der Waals surface area contributed by atoms with Crippen LogP contribution >= 0.6 is 0 Å². The highest BCUT2D eigenvalue weighted by atomic mass is 32.2. The molecule has 0 spiro atoms. The SMILES string of the molecule is CCN(CC)S(=O)(=O)c1ccc(F)c(C(=O)OCC(=O)NC)c1. The van der Waals surface area contributed by atoms with Gasteiger partial charge in [0.25, 0.3) is 5.91 Å². The number of rotatable bonds is 7. The van der Waals surface area contributed by atoms with Crippen molar-refractivity contribution in [2.45, 2.75) is 18.7 Å². The number of esters is 1. The highest BCUT2D eigenvalue weighted by Crippen LogP contribution is 2.19. The number of halogens is 1. The van der Waals surface area contributed by atoms with Crippen LogP contribution < -0.4 is 5.32 Å². The fraction of sp³-hybridized carbons (Fsp3) is 0.429. The summed E-state index contributed by atoms with van der Waals surface area (Å²) in [7, 11) is -2.48. The molecule has 7 nitrogen and oxygen atoms in total. The summed E-state index contributed by atoms with van der Waals surface area (Å²) in [6.07, 6.45) is 0. The van der Waals surface area contributed by atoms with Gasteiger partial charge in [-0.2, -0.15) is 4.31 Å². The number of benzene rings is 1. The Morgan fingerprint density at radius 3 is 2.39 bits per heavy atom. The van der Waals surface area contributed by atoms with Crippen molar-refractivity contribution in [1.82, 2.24) is 9.62 Å². The number of carbonyl (C=O) groups excluding carboxylic acids is 2. The van der Waals surface area contributed by atoms with Crippen LogP contribution in [0.5, 0.6) is 0 Å². The van der Waals surface area contributed by atoms with Crippen molar-refractivity contribution in [3.05, 3.63) is 29.6 Å². The zero-order chi connectivity index (χ0) is 17.6. The molecule has 0 saturated carbocycles. The lowest BCUT2D eigenvalue weighted by molar-refractivity contribution is -0.123. The summed E-state index contributed by atoms with van der Waals surface area (Å²) in [4.78, 5) is 22.7. The van der Waals surface area contributed by atoms with E-state index in [-0.39, 0.29) is 18.0 Å². The number of nitrogens with one attached hydrogen (secondary N) is 1. The number of hydrogen-bond acceptors (Lipinski definition) is 5. The van der Waals surface area contributed by atoms with Gasteiger partial charge in [-0.15, -0.1) is 0 Å². The summed E-state index contributed by atoms with van der Waals surface area (Å²) in [6.45, 7) is 3.24. The molecular weight excluding hydrogens is 327 g/mol. The Morgan fingerprint density at radius 1 is 1.26 bits per heavy atom. The summed E-state index contributed by atoms with van der Waals surface area (Å²) < 4.78 is 44.4. The molecule has 23 heavy (non-hydrogen) atoms. The summed E-state index contributed by atoms with van der Waals surface area (Å²) in [5.41, 5.74) is -0.540. The number of sulfonamides is 1. The Labute approximate surface area is 134 Å². The van der Waals surface area contributed by atoms with Crippen molar-refractivity contribution in [3.8, 4) is 0 Å². The minimum Gasteiger partial charge on any atom is -0.452 e. The van der Waals surface area contributed by atoms with Crippen LogP contribution in [-0.2, 0) is 19.6 Å². The van der Waals surface area contributed by atoms with E-state index in [0.29, 0.717) is 0 Å². The van der Waals surface area contributed by atoms with Gasteiger partial charge in [-0.1, -0.05) is 13.8 Å². The van der Waals surface area contributed by atoms with Crippen molar-refractivity contribution >= 4 is 21.9 Å². The van der Waals surface area contributed by atoms with Gasteiger partial charge in [0.05, 0.1) is 10.5 Å². The molecule has 0 aliphatic carbocycles. The number of likely N-dealkylation sites (N-methyl/N-ethyl adjacent to an activating group) is 1. The second-order valence-electron chi connectivity index (χ2n) is 4.48. The van der Waals surface area contributed by atoms with E-state index < -0.39 is 39.9 Å². The minimum atomic E-state index is -3.83. The zero-order valence-electron chi connectivity index (χ0n) is 13.1. The molecule has 0 atom stereocenters. The van der Waals surface area contributed by atoms with Gasteiger partial charge in [0, 0.05) is 20.1 Å². The van der Waals surface area contributed by atoms with Crippen molar-refractivity contribution in [3.63, 3.8) is 0 Å². The average Bonchev–Trinajstić information content (AvgIpc) is 2.53. The third-order valence-corrected chi connectivity index (χ3v) is 5.16. The van der Waals surface area contributed by atoms with Crippen molar-refractivity contribution in [1.29, 1.82) is 0 Å². The number of ether oxygens (including phenoxy) is 1. The molecule has 1 N–H and O–H groups in total. The third-order valence-electron chi connectivity index (χ3n) is 3.11. The van der Waals surface area contributed by atoms with Crippen LogP contribution in [0.1, 0.15) is 24.2 Å². The first kappa shape index (κ1) is 19.0. The van der Waals surface area contributed by atoms with E-state index in [2.05, 4.69) is 10.1 Å². The topological polar surface area (TPSA) is 92.8 Å². The molecule has 0 radical (unpaired) electrons. The van der Waals surface area contributed by atoms with Crippen LogP contribution in [0.15, 0.2) is 23.1 Å². The van der Waals surface area contributed by atoms with Gasteiger partial charge < -0.3 is 10.1 Å². The normalized spacial score (nSPS) is 11.3. The van der Waals surface area contributed by atoms with Crippen LogP contribution in [0, 0.1) is 5.82 Å². The molecule has 1 aromatic carbocycles. The van der Waals surface area contributed by atoms with Gasteiger partial charge >= 0.3 is 5.97 Å². The van der Waals surface area contributed by atoms with Crippen molar-refractivity contribution < 1.29 is 27.1 Å². The first-order valence-corrected chi connectivity index (χ1v) is 8.39. The fourth-order valence-corrected chi connectivity index (χ4v) is 3.30. The summed E-state index contributed by atoms with van der Waals surface area (Å²) in [5.74, 6) is -2.60. The quantitative estimate of drug-likeness (QED) is 0.736. The van der Waals surface area contributed by atoms with Gasteiger partial charge in [-0.3, -0.25) is 4.79 Å². The first-order valence-electron chi connectivity index (χ1n) is 6.95. The van der Waals surface area contributed by atoms with Gasteiger partial charge in [0.15, 0.2) is 6.61 Å². The zero-order valence-corrected chi connectivity index (χ0v) is 13.9. The number of hydrogen-bond donors (Lipinski definition) is 1. The van der Waals surface area contributed by atoms with E-state index in [4.69, 9.17) is 0 Å². The van der Waals surface area contributed by atoms with E-state index in [1.807, 2.05) is 0 Å². The molecule has 1 rings (SSSR count). The standard InChI is InChI=1S/C14H19FN2O5S/c1-4-17(5-2)23(20,21)10-6-7-12(15)11(8-10)14(19)22-9-13(18)16-3/h6-8H,4-5,9H2,1-3H3,(H,16,18). The summed E-state index contributed by atoms with van der Waals surface area (Å²) in [5, 5.41) is 2.24. The smallest absolute Gasteiger partial charge is 0.341 e. The van der Waals surface area contributed by atoms with Crippen LogP contribution in [-0.4, -0.2) is 51.3 Å². The maximum atomic E-state index is 13.8. The van der Waals surface area contributed by atoms with Gasteiger partial charge in [0.1, 0.15) is 5.82 Å². The van der Waals surface area contributed by atoms with Gasteiger partial charge in [-0.25, -0.2) is 17.6 Å². The Kier molecular flexibility index (Phi) is 6.64. The lowest BCUT2D eigenvalue weighted by atomic mass is 10.2. The predicted octanol–water partition coefficient (Wildman–Crippen LogP) is 0.759. The molecule has 128 valence electrons. The van der Waals surface area contributed by atoms with Gasteiger partial charge in [0.2, 0.25) is 10.0 Å². The molecule has 0 heterocycles. The largest absolute Gasteiger partial charge is 0.452 e. The van der Waals surface area contributed by atoms with Crippen LogP contribution in [0.4, 0.5) is 4.39 Å². The first-order chi connectivity index (χ1) is 10.8. The fourth-order valence-electron chi connectivity index (χ4n) is 1.81. The molecule has 0 aliphatic heterocycles. The number of amides is 1. The molecular formula is C14H19FN2O5S. The Balaban J connectivity index is 3.13. The van der Waals surface area contributed by atoms with Gasteiger partial charge in [-0.05, 0) is 18.2 Å². The Hall–Kier alpha value is -2.00. The second kappa shape index (κ2) is 8.02. The molecule has 0 unspecified atom stereocenters. The summed E-state index contributed by atoms with van der Waals surface area (Å²) in [6, 6.07) is 2.88. The van der Waals surface area contributed by atoms with Crippen LogP contribution in [0.3, 0.4) is 0 Å². The Morgan fingerprint density at radius 2 is 1.87 bits per heavy atom. The average molecular weight is 346 g/mol. The molecule has 1 aromatic rings. The highest BCUT2D eigenvalue weighted by molar-refractivity contribution is 7.89. The monoisotopic (exact) mass is 346 g/mol. The third kappa shape index (κ3) is 4.49. The van der Waals surface area contributed by atoms with Crippen LogP contribution in [0.25, 0.3) is 0 Å². The lowest BCUT2D eigenvalue weighted by Gasteiger charge is -2.18. The molecule has 0 aromatic heterocycles. The van der Waals surface area contributed by atoms with E-state index in [0.717, 1.165) is 18.2 Å². The molecule has 0 fully saturated rings. The molecule has 0 bridgehead atoms. The maximum Gasteiger partial charge on any atom is 0.341 e. The van der Waals surface area contributed by atoms with E-state index >= 15 is 0 Å². The Bertz CT molecular complexity index is 686. The van der Waals surface area contributed by atoms with E-state index in [1.54, 1.807) is 13.8 Å². The summed E-state index contributed by atoms with van der Waals surface area (Å²) >= 11 is 0.